The smallest absolute Gasteiger partial charge is 0.150 e. The van der Waals surface area contributed by atoms with E-state index >= 15 is 0 Å². The van der Waals surface area contributed by atoms with Crippen molar-refractivity contribution in [2.24, 2.45) is 0 Å². The lowest BCUT2D eigenvalue weighted by molar-refractivity contribution is 0.553. The first-order chi connectivity index (χ1) is 6.29. The standard InChI is InChI=1S/C9H16ClN3/c1-3-5-7-13-9(10)8(6-4-2)11-12-13/h3-7H2,1-2H3. The fourth-order valence-electron chi connectivity index (χ4n) is 1.18. The van der Waals surface area contributed by atoms with Crippen LogP contribution in [0.15, 0.2) is 0 Å². The highest BCUT2D eigenvalue weighted by Crippen LogP contribution is 2.14. The highest BCUT2D eigenvalue weighted by molar-refractivity contribution is 6.30. The quantitative estimate of drug-likeness (QED) is 0.734. The van der Waals surface area contributed by atoms with Crippen LogP contribution in [0.2, 0.25) is 5.15 Å². The van der Waals surface area contributed by atoms with Crippen LogP contribution >= 0.6 is 11.6 Å². The third kappa shape index (κ3) is 2.69. The minimum absolute atomic E-state index is 0.718. The molecule has 0 spiro atoms. The molecule has 0 unspecified atom stereocenters. The van der Waals surface area contributed by atoms with Crippen molar-refractivity contribution in [3.05, 3.63) is 10.8 Å². The molecule has 4 heteroatoms. The average Bonchev–Trinajstić information content (AvgIpc) is 2.46. The van der Waals surface area contributed by atoms with Gasteiger partial charge in [0.25, 0.3) is 0 Å². The first-order valence-corrected chi connectivity index (χ1v) is 5.25. The van der Waals surface area contributed by atoms with E-state index in [1.807, 2.05) is 0 Å². The molecule has 13 heavy (non-hydrogen) atoms. The molecular weight excluding hydrogens is 186 g/mol. The molecule has 0 amide bonds. The molecule has 0 saturated heterocycles. The summed E-state index contributed by atoms with van der Waals surface area (Å²) in [6.07, 6.45) is 4.24. The highest BCUT2D eigenvalue weighted by atomic mass is 35.5. The molecule has 0 atom stereocenters. The van der Waals surface area contributed by atoms with Crippen LogP contribution in [-0.2, 0) is 13.0 Å². The van der Waals surface area contributed by atoms with E-state index in [1.165, 1.54) is 0 Å². The van der Waals surface area contributed by atoms with Crippen molar-refractivity contribution in [3.63, 3.8) is 0 Å². The van der Waals surface area contributed by atoms with Crippen molar-refractivity contribution in [2.75, 3.05) is 0 Å². The maximum absolute atomic E-state index is 6.08. The lowest BCUT2D eigenvalue weighted by Gasteiger charge is -1.99. The van der Waals surface area contributed by atoms with Crippen molar-refractivity contribution in [3.8, 4) is 0 Å². The van der Waals surface area contributed by atoms with Gasteiger partial charge in [-0.05, 0) is 12.8 Å². The molecule has 1 heterocycles. The number of hydrogen-bond donors (Lipinski definition) is 0. The van der Waals surface area contributed by atoms with Gasteiger partial charge < -0.3 is 0 Å². The monoisotopic (exact) mass is 201 g/mol. The summed E-state index contributed by atoms with van der Waals surface area (Å²) in [5.74, 6) is 0. The van der Waals surface area contributed by atoms with Crippen LogP contribution in [-0.4, -0.2) is 15.0 Å². The number of aromatic nitrogens is 3. The zero-order chi connectivity index (χ0) is 9.68. The van der Waals surface area contributed by atoms with Crippen molar-refractivity contribution in [2.45, 2.75) is 46.1 Å². The van der Waals surface area contributed by atoms with E-state index in [-0.39, 0.29) is 0 Å². The van der Waals surface area contributed by atoms with Crippen LogP contribution in [0.5, 0.6) is 0 Å². The summed E-state index contributed by atoms with van der Waals surface area (Å²) >= 11 is 6.08. The minimum Gasteiger partial charge on any atom is -0.234 e. The van der Waals surface area contributed by atoms with Gasteiger partial charge >= 0.3 is 0 Å². The zero-order valence-corrected chi connectivity index (χ0v) is 9.01. The van der Waals surface area contributed by atoms with Crippen LogP contribution in [0.25, 0.3) is 0 Å². The molecule has 1 rings (SSSR count). The first kappa shape index (κ1) is 10.5. The third-order valence-electron chi connectivity index (χ3n) is 1.95. The van der Waals surface area contributed by atoms with Crippen LogP contribution in [0.4, 0.5) is 0 Å². The lowest BCUT2D eigenvalue weighted by Crippen LogP contribution is -1.99. The van der Waals surface area contributed by atoms with E-state index in [4.69, 9.17) is 11.6 Å². The van der Waals surface area contributed by atoms with E-state index in [1.54, 1.807) is 4.68 Å². The second kappa shape index (κ2) is 5.22. The molecule has 0 fully saturated rings. The molecule has 0 N–H and O–H groups in total. The summed E-state index contributed by atoms with van der Waals surface area (Å²) in [4.78, 5) is 0. The Hall–Kier alpha value is -0.570. The molecule has 1 aromatic heterocycles. The van der Waals surface area contributed by atoms with E-state index in [0.29, 0.717) is 0 Å². The number of nitrogens with zero attached hydrogens (tertiary/aromatic N) is 3. The zero-order valence-electron chi connectivity index (χ0n) is 8.26. The van der Waals surface area contributed by atoms with Gasteiger partial charge in [0, 0.05) is 6.54 Å². The first-order valence-electron chi connectivity index (χ1n) is 4.87. The molecule has 0 aliphatic heterocycles. The summed E-state index contributed by atoms with van der Waals surface area (Å²) in [6, 6.07) is 0. The molecule has 3 nitrogen and oxygen atoms in total. The Morgan fingerprint density at radius 2 is 2.08 bits per heavy atom. The summed E-state index contributed by atoms with van der Waals surface area (Å²) in [5, 5.41) is 8.76. The van der Waals surface area contributed by atoms with Gasteiger partial charge in [-0.25, -0.2) is 4.68 Å². The maximum atomic E-state index is 6.08. The molecule has 0 bridgehead atoms. The van der Waals surface area contributed by atoms with Crippen molar-refractivity contribution in [1.82, 2.24) is 15.0 Å². The van der Waals surface area contributed by atoms with Gasteiger partial charge in [-0.3, -0.25) is 0 Å². The van der Waals surface area contributed by atoms with Crippen LogP contribution in [0.3, 0.4) is 0 Å². The number of rotatable bonds is 5. The Balaban J connectivity index is 2.62. The van der Waals surface area contributed by atoms with E-state index in [0.717, 1.165) is 43.1 Å². The lowest BCUT2D eigenvalue weighted by atomic mass is 10.3. The Morgan fingerprint density at radius 3 is 2.69 bits per heavy atom. The van der Waals surface area contributed by atoms with E-state index in [9.17, 15) is 0 Å². The van der Waals surface area contributed by atoms with Gasteiger partial charge in [0.1, 0.15) is 10.8 Å². The Morgan fingerprint density at radius 1 is 1.31 bits per heavy atom. The Bertz CT molecular complexity index is 257. The number of halogens is 1. The van der Waals surface area contributed by atoms with Gasteiger partial charge in [-0.15, -0.1) is 5.10 Å². The van der Waals surface area contributed by atoms with Gasteiger partial charge in [0.2, 0.25) is 0 Å². The van der Waals surface area contributed by atoms with Gasteiger partial charge in [0.05, 0.1) is 0 Å². The maximum Gasteiger partial charge on any atom is 0.150 e. The second-order valence-electron chi connectivity index (χ2n) is 3.15. The minimum atomic E-state index is 0.718. The molecule has 0 saturated carbocycles. The SMILES string of the molecule is CCCCn1nnc(CCC)c1Cl. The fourth-order valence-corrected chi connectivity index (χ4v) is 1.43. The fraction of sp³-hybridized carbons (Fsp3) is 0.778. The molecular formula is C9H16ClN3. The highest BCUT2D eigenvalue weighted by Gasteiger charge is 2.08. The van der Waals surface area contributed by atoms with Gasteiger partial charge in [-0.1, -0.05) is 43.5 Å². The Labute approximate surface area is 84.1 Å². The molecule has 0 aliphatic rings. The van der Waals surface area contributed by atoms with Gasteiger partial charge in [0.15, 0.2) is 0 Å². The number of unbranched alkanes of at least 4 members (excludes halogenated alkanes) is 1. The summed E-state index contributed by atoms with van der Waals surface area (Å²) in [7, 11) is 0. The van der Waals surface area contributed by atoms with Crippen LogP contribution in [0, 0.1) is 0 Å². The summed E-state index contributed by atoms with van der Waals surface area (Å²) < 4.78 is 1.79. The molecule has 74 valence electrons. The summed E-state index contributed by atoms with van der Waals surface area (Å²) in [5.41, 5.74) is 0.931. The molecule has 0 aliphatic carbocycles. The predicted octanol–water partition coefficient (Wildman–Crippen LogP) is 2.68. The molecule has 0 aromatic carbocycles. The largest absolute Gasteiger partial charge is 0.234 e. The third-order valence-corrected chi connectivity index (χ3v) is 2.36. The van der Waals surface area contributed by atoms with Crippen LogP contribution in [0.1, 0.15) is 38.8 Å². The average molecular weight is 202 g/mol. The van der Waals surface area contributed by atoms with E-state index in [2.05, 4.69) is 24.2 Å². The molecule has 1 aromatic rings. The second-order valence-corrected chi connectivity index (χ2v) is 3.51. The topological polar surface area (TPSA) is 30.7 Å². The van der Waals surface area contributed by atoms with E-state index < -0.39 is 0 Å². The Kier molecular flexibility index (Phi) is 4.22. The molecule has 0 radical (unpaired) electrons. The van der Waals surface area contributed by atoms with Crippen molar-refractivity contribution >= 4 is 11.6 Å². The number of hydrogen-bond acceptors (Lipinski definition) is 2. The van der Waals surface area contributed by atoms with Crippen LogP contribution < -0.4 is 0 Å². The number of aryl methyl sites for hydroxylation is 2. The van der Waals surface area contributed by atoms with Crippen molar-refractivity contribution in [1.29, 1.82) is 0 Å². The predicted molar refractivity (Wildman–Crippen MR) is 53.9 cm³/mol. The van der Waals surface area contributed by atoms with Crippen molar-refractivity contribution < 1.29 is 0 Å². The normalized spacial score (nSPS) is 10.7. The summed E-state index contributed by atoms with van der Waals surface area (Å²) in [6.45, 7) is 5.14. The van der Waals surface area contributed by atoms with Gasteiger partial charge in [-0.2, -0.15) is 0 Å².